The Balaban J connectivity index is -0.0000000348. The molecule has 0 bridgehead atoms. The van der Waals surface area contributed by atoms with E-state index >= 15 is 0 Å². The maximum absolute atomic E-state index is 10.7. The normalized spacial score (nSPS) is 8.91. The van der Waals surface area contributed by atoms with Crippen LogP contribution in [0.5, 0.6) is 0 Å². The quantitative estimate of drug-likeness (QED) is 0.237. The molecule has 27 nitrogen and oxygen atoms in total. The van der Waals surface area contributed by atoms with Crippen molar-refractivity contribution in [1.82, 2.24) is 0 Å². The molecule has 0 saturated carbocycles. The van der Waals surface area contributed by atoms with Gasteiger partial charge in [0.05, 0.1) is 0 Å². The fourth-order valence-electron chi connectivity index (χ4n) is 0.613. The van der Waals surface area contributed by atoms with Crippen molar-refractivity contribution in [3.8, 4) is 0 Å². The van der Waals surface area contributed by atoms with Gasteiger partial charge in [-0.05, 0) is 36.9 Å². The predicted octanol–water partition coefficient (Wildman–Crippen LogP) is -17.5. The largest absolute Gasteiger partial charge is 2.00 e. The summed E-state index contributed by atoms with van der Waals surface area (Å²) in [5.74, 6) is 0. The van der Waals surface area contributed by atoms with Crippen LogP contribution in [0.3, 0.4) is 0 Å². The summed E-state index contributed by atoms with van der Waals surface area (Å²) in [7, 11) is 0. The molecule has 35 heteroatoms. The molecular weight excluding hydrogens is 740 g/mol. The van der Waals surface area contributed by atoms with E-state index in [2.05, 4.69) is 22.7 Å². The summed E-state index contributed by atoms with van der Waals surface area (Å²) < 4.78 is 25.9. The van der Waals surface area contributed by atoms with E-state index in [-0.39, 0.29) is 138 Å². The average molecular weight is 740 g/mol. The van der Waals surface area contributed by atoms with Crippen LogP contribution in [0, 0.1) is 0 Å². The van der Waals surface area contributed by atoms with Gasteiger partial charge in [-0.1, -0.05) is 0 Å². The van der Waals surface area contributed by atoms with E-state index in [0.29, 0.717) is 0 Å². The first-order chi connectivity index (χ1) is 17.0. The second-order valence-electron chi connectivity index (χ2n) is 3.53. The van der Waals surface area contributed by atoms with E-state index in [0.717, 1.165) is 0 Å². The topological polar surface area (TPSA) is 486 Å². The fraction of sp³-hybridized carbons (Fsp3) is 0. The van der Waals surface area contributed by atoms with Crippen molar-refractivity contribution < 1.29 is 127 Å². The van der Waals surface area contributed by atoms with Gasteiger partial charge >= 0.3 is 187 Å². The molecule has 2 heterocycles. The first-order valence-electron chi connectivity index (χ1n) is 6.93. The van der Waals surface area contributed by atoms with Crippen molar-refractivity contribution in [2.24, 2.45) is 0 Å². The van der Waals surface area contributed by atoms with Crippen LogP contribution in [0.25, 0.3) is 0 Å². The SMILES string of the molecule is O=C([O-])[O-].O=C([O-])[O-].O=C([O-])[O-].O=C([O-])[O-].O=C([O-])[O-].O=C([O-])[O-].O=C1[O][Al]([O]C(=O)[O][Al]2[O]C(=O)[O]2)[O]1.[Mg+2].[Mg+2].[Mg+2].[Mg+2].[Mg+2].[Mg+2]. The van der Waals surface area contributed by atoms with Crippen molar-refractivity contribution in [3.05, 3.63) is 0 Å². The van der Waals surface area contributed by atoms with E-state index in [1.807, 2.05) is 0 Å². The molecule has 0 radical (unpaired) electrons. The Morgan fingerprint density at radius 2 is 0.500 bits per heavy atom. The molecule has 2 fully saturated rings. The monoisotopic (exact) mass is 738 g/mol. The summed E-state index contributed by atoms with van der Waals surface area (Å²) in [6.45, 7) is 0. The molecule has 0 spiro atoms. The van der Waals surface area contributed by atoms with Crippen LogP contribution in [0.1, 0.15) is 0 Å². The van der Waals surface area contributed by atoms with Gasteiger partial charge in [-0.2, -0.15) is 0 Å². The van der Waals surface area contributed by atoms with Gasteiger partial charge in [0, 0.05) is 0 Å². The van der Waals surface area contributed by atoms with Crippen LogP contribution in [0.4, 0.5) is 43.2 Å². The van der Waals surface area contributed by atoms with E-state index in [1.165, 1.54) is 0 Å². The number of hydrogen-bond acceptors (Lipinski definition) is 27. The zero-order chi connectivity index (χ0) is 31.6. The molecule has 2 saturated heterocycles. The minimum atomic E-state index is -2.68. The number of hydrogen-bond donors (Lipinski definition) is 0. The van der Waals surface area contributed by atoms with E-state index < -0.39 is 85.7 Å². The average Bonchev–Trinajstić information content (AvgIpc) is 2.56. The molecule has 2 aliphatic rings. The summed E-state index contributed by atoms with van der Waals surface area (Å²) in [6.07, 6.45) is -16.9. The molecule has 0 aromatic carbocycles. The molecule has 0 aromatic rings. The Kier molecular flexibility index (Phi) is 82.5. The summed E-state index contributed by atoms with van der Waals surface area (Å²) in [5, 5.41) is 100. The van der Waals surface area contributed by atoms with Crippen molar-refractivity contribution >= 4 is 224 Å². The summed E-state index contributed by atoms with van der Waals surface area (Å²) in [6, 6.07) is 0. The number of carbonyl (C=O) groups excluding carboxylic acids is 9. The molecule has 0 amide bonds. The van der Waals surface area contributed by atoms with Crippen LogP contribution in [0.2, 0.25) is 0 Å². The molecule has 0 aliphatic carbocycles. The standard InChI is InChI=1S/9CH2O3.2Al.6Mg/c9*2-1(3)4;;;;;;;;/h9*(H2,2,3,4);;;;;;;;/q;;;;;;;;;2*+3;6*+2/p-18. The predicted molar refractivity (Wildman–Crippen MR) is 101 cm³/mol. The third kappa shape index (κ3) is 124. The van der Waals surface area contributed by atoms with Crippen LogP contribution in [0.15, 0.2) is 0 Å². The van der Waals surface area contributed by atoms with Gasteiger partial charge in [0.1, 0.15) is 0 Å². The number of carboxylic acid groups (broad SMARTS) is 12. The Labute approximate surface area is 346 Å². The van der Waals surface area contributed by atoms with Gasteiger partial charge in [0.15, 0.2) is 0 Å². The van der Waals surface area contributed by atoms with Crippen LogP contribution in [-0.4, -0.2) is 224 Å². The summed E-state index contributed by atoms with van der Waals surface area (Å²) in [4.78, 5) is 80.9. The van der Waals surface area contributed by atoms with Gasteiger partial charge < -0.3 is 113 Å². The molecule has 0 unspecified atom stereocenters. The van der Waals surface area contributed by atoms with Crippen LogP contribution < -0.4 is 61.3 Å². The maximum Gasteiger partial charge on any atom is 2.00 e. The van der Waals surface area contributed by atoms with Gasteiger partial charge in [-0.3, -0.25) is 0 Å². The van der Waals surface area contributed by atoms with Crippen LogP contribution in [-0.2, 0) is 22.7 Å². The van der Waals surface area contributed by atoms with Crippen LogP contribution >= 0.6 is 0 Å². The third-order valence-corrected chi connectivity index (χ3v) is 3.46. The molecular formula is C9Al2Mg6O27. The minimum absolute atomic E-state index is 0. The van der Waals surface area contributed by atoms with Gasteiger partial charge in [-0.15, -0.1) is 0 Å². The van der Waals surface area contributed by atoms with E-state index in [4.69, 9.17) is 90.0 Å². The van der Waals surface area contributed by atoms with Crippen molar-refractivity contribution in [2.75, 3.05) is 0 Å². The molecule has 2 rings (SSSR count). The zero-order valence-corrected chi connectivity index (χ0v) is 31.7. The number of carbonyl (C=O) groups is 9. The van der Waals surface area contributed by atoms with Gasteiger partial charge in [0.2, 0.25) is 0 Å². The Bertz CT molecular complexity index is 667. The minimum Gasteiger partial charge on any atom is -0.652 e. The Hall–Kier alpha value is -0.908. The maximum atomic E-state index is 10.7. The molecule has 0 atom stereocenters. The second kappa shape index (κ2) is 49.0. The first kappa shape index (κ1) is 74.1. The fourth-order valence-corrected chi connectivity index (χ4v) is 2.01. The molecule has 2 aliphatic heterocycles. The van der Waals surface area contributed by atoms with Crippen molar-refractivity contribution in [3.63, 3.8) is 0 Å². The van der Waals surface area contributed by atoms with E-state index in [1.54, 1.807) is 0 Å². The van der Waals surface area contributed by atoms with Gasteiger partial charge in [-0.25, -0.2) is 14.4 Å². The van der Waals surface area contributed by atoms with E-state index in [9.17, 15) is 14.4 Å². The molecule has 216 valence electrons. The Morgan fingerprint density at radius 1 is 0.386 bits per heavy atom. The molecule has 0 aromatic heterocycles. The number of rotatable bonds is 2. The Morgan fingerprint density at radius 3 is 0.591 bits per heavy atom. The third-order valence-electron chi connectivity index (χ3n) is 1.15. The molecule has 0 N–H and O–H groups in total. The summed E-state index contributed by atoms with van der Waals surface area (Å²) >= 11 is -5.35. The van der Waals surface area contributed by atoms with Gasteiger partial charge in [0.25, 0.3) is 0 Å². The van der Waals surface area contributed by atoms with Crippen molar-refractivity contribution in [2.45, 2.75) is 0 Å². The first-order valence-corrected chi connectivity index (χ1v) is 9.75. The zero-order valence-electron chi connectivity index (χ0n) is 20.9. The smallest absolute Gasteiger partial charge is 0.652 e. The summed E-state index contributed by atoms with van der Waals surface area (Å²) in [5.41, 5.74) is 0. The molecule has 44 heavy (non-hydrogen) atoms. The second-order valence-corrected chi connectivity index (χ2v) is 6.10. The van der Waals surface area contributed by atoms with Crippen molar-refractivity contribution in [1.29, 1.82) is 0 Å².